The summed E-state index contributed by atoms with van der Waals surface area (Å²) in [5.41, 5.74) is 0.828. The second kappa shape index (κ2) is 5.82. The van der Waals surface area contributed by atoms with E-state index >= 15 is 0 Å². The average molecular weight is 348 g/mol. The molecule has 6 nitrogen and oxygen atoms in total. The Labute approximate surface area is 141 Å². The first kappa shape index (κ1) is 14.5. The van der Waals surface area contributed by atoms with E-state index in [9.17, 15) is 4.79 Å². The van der Waals surface area contributed by atoms with Gasteiger partial charge in [-0.25, -0.2) is 0 Å². The largest absolute Gasteiger partial charge is 0.337 e. The second-order valence-corrected chi connectivity index (χ2v) is 7.03. The molecule has 0 spiro atoms. The lowest BCUT2D eigenvalue weighted by atomic mass is 10.3. The van der Waals surface area contributed by atoms with Crippen molar-refractivity contribution in [3.05, 3.63) is 45.7 Å². The van der Waals surface area contributed by atoms with E-state index in [1.54, 1.807) is 12.1 Å². The van der Waals surface area contributed by atoms with Gasteiger partial charge in [0.15, 0.2) is 5.65 Å². The summed E-state index contributed by atoms with van der Waals surface area (Å²) >= 11 is 7.24. The molecule has 23 heavy (non-hydrogen) atoms. The standard InChI is InChI=1S/C15H14ClN5OS/c16-12-5-4-11(23-12)14(22)19-7-9-20(10-8-19)15-18-17-13-3-1-2-6-21(13)15/h1-6H,7-10H2. The number of anilines is 1. The second-order valence-electron chi connectivity index (χ2n) is 5.31. The third kappa shape index (κ3) is 2.66. The normalized spacial score (nSPS) is 15.3. The van der Waals surface area contributed by atoms with Crippen LogP contribution in [0.2, 0.25) is 4.34 Å². The first-order chi connectivity index (χ1) is 11.2. The zero-order chi connectivity index (χ0) is 15.8. The van der Waals surface area contributed by atoms with Gasteiger partial charge in [-0.3, -0.25) is 9.20 Å². The molecule has 0 N–H and O–H groups in total. The van der Waals surface area contributed by atoms with Gasteiger partial charge < -0.3 is 9.80 Å². The molecule has 3 aromatic rings. The van der Waals surface area contributed by atoms with Gasteiger partial charge in [-0.15, -0.1) is 21.5 Å². The molecule has 0 unspecified atom stereocenters. The molecular formula is C15H14ClN5OS. The van der Waals surface area contributed by atoms with Crippen LogP contribution in [0.1, 0.15) is 9.67 Å². The Morgan fingerprint density at radius 3 is 2.65 bits per heavy atom. The van der Waals surface area contributed by atoms with E-state index in [1.807, 2.05) is 33.7 Å². The lowest BCUT2D eigenvalue weighted by Gasteiger charge is -2.34. The van der Waals surface area contributed by atoms with Crippen molar-refractivity contribution >= 4 is 40.4 Å². The summed E-state index contributed by atoms with van der Waals surface area (Å²) in [7, 11) is 0. The smallest absolute Gasteiger partial charge is 0.264 e. The van der Waals surface area contributed by atoms with Crippen LogP contribution in [0.5, 0.6) is 0 Å². The van der Waals surface area contributed by atoms with Crippen molar-refractivity contribution in [2.24, 2.45) is 0 Å². The molecular weight excluding hydrogens is 334 g/mol. The highest BCUT2D eigenvalue weighted by Crippen LogP contribution is 2.23. The molecule has 118 valence electrons. The average Bonchev–Trinajstić information content (AvgIpc) is 3.21. The summed E-state index contributed by atoms with van der Waals surface area (Å²) in [4.78, 5) is 17.2. The van der Waals surface area contributed by atoms with Crippen LogP contribution < -0.4 is 4.90 Å². The summed E-state index contributed by atoms with van der Waals surface area (Å²) in [5.74, 6) is 0.875. The maximum absolute atomic E-state index is 12.4. The number of carbonyl (C=O) groups is 1. The maximum Gasteiger partial charge on any atom is 0.264 e. The van der Waals surface area contributed by atoms with Crippen LogP contribution in [0.4, 0.5) is 5.95 Å². The fourth-order valence-corrected chi connectivity index (χ4v) is 3.75. The van der Waals surface area contributed by atoms with Crippen LogP contribution in [-0.4, -0.2) is 51.6 Å². The summed E-state index contributed by atoms with van der Waals surface area (Å²) < 4.78 is 2.61. The van der Waals surface area contributed by atoms with Crippen molar-refractivity contribution in [3.63, 3.8) is 0 Å². The molecule has 1 aliphatic rings. The maximum atomic E-state index is 12.4. The molecule has 1 fully saturated rings. The number of amides is 1. The fraction of sp³-hybridized carbons (Fsp3) is 0.267. The van der Waals surface area contributed by atoms with Crippen LogP contribution in [-0.2, 0) is 0 Å². The molecule has 4 heterocycles. The highest BCUT2D eigenvalue weighted by molar-refractivity contribution is 7.17. The number of rotatable bonds is 2. The van der Waals surface area contributed by atoms with E-state index in [-0.39, 0.29) is 5.91 Å². The zero-order valence-corrected chi connectivity index (χ0v) is 13.8. The van der Waals surface area contributed by atoms with Gasteiger partial charge in [0.05, 0.1) is 9.21 Å². The monoisotopic (exact) mass is 347 g/mol. The molecule has 1 saturated heterocycles. The number of halogens is 1. The number of fused-ring (bicyclic) bond motifs is 1. The van der Waals surface area contributed by atoms with E-state index in [4.69, 9.17) is 11.6 Å². The van der Waals surface area contributed by atoms with Crippen molar-refractivity contribution in [2.45, 2.75) is 0 Å². The molecule has 4 rings (SSSR count). The van der Waals surface area contributed by atoms with Crippen molar-refractivity contribution in [2.75, 3.05) is 31.1 Å². The Morgan fingerprint density at radius 2 is 1.91 bits per heavy atom. The molecule has 3 aromatic heterocycles. The predicted molar refractivity (Wildman–Crippen MR) is 90.4 cm³/mol. The van der Waals surface area contributed by atoms with E-state index in [0.29, 0.717) is 22.3 Å². The third-order valence-corrected chi connectivity index (χ3v) is 5.15. The van der Waals surface area contributed by atoms with Crippen molar-refractivity contribution in [1.29, 1.82) is 0 Å². The highest BCUT2D eigenvalue weighted by Gasteiger charge is 2.25. The molecule has 1 amide bonds. The molecule has 0 bridgehead atoms. The van der Waals surface area contributed by atoms with E-state index in [0.717, 1.165) is 24.7 Å². The Hall–Kier alpha value is -2.12. The Balaban J connectivity index is 1.48. The Bertz CT molecular complexity index is 852. The molecule has 0 saturated carbocycles. The minimum absolute atomic E-state index is 0.0488. The highest BCUT2D eigenvalue weighted by atomic mass is 35.5. The van der Waals surface area contributed by atoms with Crippen LogP contribution in [0.3, 0.4) is 0 Å². The number of piperazine rings is 1. The van der Waals surface area contributed by atoms with Gasteiger partial charge in [0.2, 0.25) is 5.95 Å². The van der Waals surface area contributed by atoms with E-state index < -0.39 is 0 Å². The van der Waals surface area contributed by atoms with Crippen LogP contribution in [0, 0.1) is 0 Å². The Kier molecular flexibility index (Phi) is 3.66. The number of carbonyl (C=O) groups excluding carboxylic acids is 1. The summed E-state index contributed by atoms with van der Waals surface area (Å²) in [5, 5.41) is 8.45. The number of nitrogens with zero attached hydrogens (tertiary/aromatic N) is 5. The van der Waals surface area contributed by atoms with Crippen LogP contribution in [0.25, 0.3) is 5.65 Å². The Morgan fingerprint density at radius 1 is 1.09 bits per heavy atom. The topological polar surface area (TPSA) is 53.7 Å². The molecule has 0 atom stereocenters. The lowest BCUT2D eigenvalue weighted by Crippen LogP contribution is -2.49. The van der Waals surface area contributed by atoms with E-state index in [1.165, 1.54) is 11.3 Å². The molecule has 0 aromatic carbocycles. The summed E-state index contributed by atoms with van der Waals surface area (Å²) in [6, 6.07) is 9.37. The molecule has 0 radical (unpaired) electrons. The van der Waals surface area contributed by atoms with Gasteiger partial charge in [-0.05, 0) is 24.3 Å². The number of hydrogen-bond acceptors (Lipinski definition) is 5. The minimum atomic E-state index is 0.0488. The first-order valence-electron chi connectivity index (χ1n) is 7.32. The zero-order valence-electron chi connectivity index (χ0n) is 12.2. The quantitative estimate of drug-likeness (QED) is 0.714. The number of aromatic nitrogens is 3. The van der Waals surface area contributed by atoms with Gasteiger partial charge in [-0.2, -0.15) is 0 Å². The van der Waals surface area contributed by atoms with Crippen molar-refractivity contribution in [1.82, 2.24) is 19.5 Å². The number of hydrogen-bond donors (Lipinski definition) is 0. The number of thiophene rings is 1. The van der Waals surface area contributed by atoms with Crippen LogP contribution in [0.15, 0.2) is 36.5 Å². The van der Waals surface area contributed by atoms with Gasteiger partial charge in [0.25, 0.3) is 5.91 Å². The SMILES string of the molecule is O=C(c1ccc(Cl)s1)N1CCN(c2nnc3ccccn23)CC1. The number of pyridine rings is 1. The van der Waals surface area contributed by atoms with Crippen LogP contribution >= 0.6 is 22.9 Å². The predicted octanol–water partition coefficient (Wildman–Crippen LogP) is 2.41. The fourth-order valence-electron chi connectivity index (χ4n) is 2.74. The van der Waals surface area contributed by atoms with Gasteiger partial charge in [0, 0.05) is 32.4 Å². The molecule has 8 heteroatoms. The summed E-state index contributed by atoms with van der Waals surface area (Å²) in [6.45, 7) is 2.80. The lowest BCUT2D eigenvalue weighted by molar-refractivity contribution is 0.0751. The first-order valence-corrected chi connectivity index (χ1v) is 8.51. The van der Waals surface area contributed by atoms with E-state index in [2.05, 4.69) is 15.1 Å². The summed E-state index contributed by atoms with van der Waals surface area (Å²) in [6.07, 6.45) is 1.95. The van der Waals surface area contributed by atoms with Gasteiger partial charge in [0.1, 0.15) is 0 Å². The molecule has 0 aliphatic carbocycles. The van der Waals surface area contributed by atoms with Gasteiger partial charge in [-0.1, -0.05) is 17.7 Å². The van der Waals surface area contributed by atoms with Crippen molar-refractivity contribution in [3.8, 4) is 0 Å². The van der Waals surface area contributed by atoms with Crippen molar-refractivity contribution < 1.29 is 4.79 Å². The molecule has 1 aliphatic heterocycles. The minimum Gasteiger partial charge on any atom is -0.337 e. The third-order valence-electron chi connectivity index (χ3n) is 3.93. The van der Waals surface area contributed by atoms with Gasteiger partial charge >= 0.3 is 0 Å².